The Balaban J connectivity index is 1.58. The Kier molecular flexibility index (Phi) is 7.18. The van der Waals surface area contributed by atoms with Crippen molar-refractivity contribution in [1.29, 1.82) is 0 Å². The van der Waals surface area contributed by atoms with E-state index in [1.165, 1.54) is 6.33 Å². The number of rotatable bonds is 7. The molecule has 2 aromatic heterocycles. The van der Waals surface area contributed by atoms with Gasteiger partial charge in [-0.3, -0.25) is 14.5 Å². The van der Waals surface area contributed by atoms with Crippen molar-refractivity contribution in [2.24, 2.45) is 5.11 Å². The minimum atomic E-state index is -0.608. The minimum Gasteiger partial charge on any atom is -0.459 e. The Labute approximate surface area is 208 Å². The van der Waals surface area contributed by atoms with E-state index in [-0.39, 0.29) is 30.5 Å². The van der Waals surface area contributed by atoms with E-state index < -0.39 is 11.6 Å². The highest BCUT2D eigenvalue weighted by Gasteiger charge is 2.39. The van der Waals surface area contributed by atoms with Crippen LogP contribution in [0.2, 0.25) is 0 Å². The van der Waals surface area contributed by atoms with E-state index in [2.05, 4.69) is 30.3 Å². The van der Waals surface area contributed by atoms with Gasteiger partial charge in [0.05, 0.1) is 12.4 Å². The van der Waals surface area contributed by atoms with Gasteiger partial charge in [-0.15, -0.1) is 0 Å². The second-order valence-corrected chi connectivity index (χ2v) is 9.73. The lowest BCUT2D eigenvalue weighted by molar-refractivity contribution is -0.161. The summed E-state index contributed by atoms with van der Waals surface area (Å²) in [5, 5.41) is 6.58. The molecule has 1 aromatic carbocycles. The molecule has 1 saturated heterocycles. The molecule has 188 valence electrons. The summed E-state index contributed by atoms with van der Waals surface area (Å²) in [7, 11) is 0. The van der Waals surface area contributed by atoms with Gasteiger partial charge in [0.2, 0.25) is 0 Å². The van der Waals surface area contributed by atoms with Gasteiger partial charge in [-0.1, -0.05) is 23.3 Å². The van der Waals surface area contributed by atoms with Crippen LogP contribution in [0.25, 0.3) is 21.6 Å². The smallest absolute Gasteiger partial charge is 0.323 e. The molecule has 1 N–H and O–H groups in total. The summed E-state index contributed by atoms with van der Waals surface area (Å²) in [4.78, 5) is 43.5. The van der Waals surface area contributed by atoms with E-state index in [4.69, 9.17) is 10.3 Å². The predicted molar refractivity (Wildman–Crippen MR) is 133 cm³/mol. The van der Waals surface area contributed by atoms with Crippen LogP contribution in [0.3, 0.4) is 0 Å². The molecule has 3 aromatic rings. The minimum absolute atomic E-state index is 0.0913. The second-order valence-electron chi connectivity index (χ2n) is 9.73. The first kappa shape index (κ1) is 25.1. The van der Waals surface area contributed by atoms with Crippen molar-refractivity contribution >= 4 is 28.9 Å². The highest BCUT2D eigenvalue weighted by atomic mass is 16.6. The van der Waals surface area contributed by atoms with Crippen LogP contribution in [-0.2, 0) is 9.53 Å². The number of aromatic nitrogens is 4. The lowest BCUT2D eigenvalue weighted by Gasteiger charge is -2.30. The van der Waals surface area contributed by atoms with Crippen molar-refractivity contribution in [3.8, 4) is 0 Å². The molecule has 3 heterocycles. The Morgan fingerprint density at radius 2 is 2.00 bits per heavy atom. The van der Waals surface area contributed by atoms with Crippen LogP contribution in [0.4, 0.5) is 5.82 Å². The van der Waals surface area contributed by atoms with Crippen molar-refractivity contribution < 1.29 is 14.3 Å². The Bertz CT molecular complexity index is 1300. The Morgan fingerprint density at radius 3 is 2.69 bits per heavy atom. The van der Waals surface area contributed by atoms with Crippen LogP contribution >= 0.6 is 0 Å². The molecule has 36 heavy (non-hydrogen) atoms. The van der Waals surface area contributed by atoms with E-state index in [1.807, 2.05) is 36.3 Å². The monoisotopic (exact) mass is 491 g/mol. The Hall–Kier alpha value is -4.02. The van der Waals surface area contributed by atoms with E-state index in [0.717, 1.165) is 0 Å². The number of anilines is 1. The largest absolute Gasteiger partial charge is 0.459 e. The summed E-state index contributed by atoms with van der Waals surface area (Å²) < 4.78 is 7.50. The van der Waals surface area contributed by atoms with Crippen LogP contribution in [0.15, 0.2) is 48.1 Å². The maximum absolute atomic E-state index is 12.8. The predicted octanol–water partition coefficient (Wildman–Crippen LogP) is 3.73. The normalized spacial score (nSPS) is 19.0. The topological polar surface area (TPSA) is 151 Å². The summed E-state index contributed by atoms with van der Waals surface area (Å²) in [6.45, 7) is 8.01. The van der Waals surface area contributed by atoms with Gasteiger partial charge in [0.25, 0.3) is 5.91 Å². The van der Waals surface area contributed by atoms with E-state index >= 15 is 0 Å². The zero-order valence-electron chi connectivity index (χ0n) is 20.7. The first-order valence-corrected chi connectivity index (χ1v) is 11.7. The number of nitrogens with one attached hydrogen (secondary N) is 1. The van der Waals surface area contributed by atoms with Crippen molar-refractivity contribution in [3.63, 3.8) is 0 Å². The standard InChI is InChI=1S/C24H29N9O3/c1-15(23(35)36-24(2,3)4)32-12-18(10-17(32)11-29-31-25)33-14-28-19-20(26-13-27-21(19)33)30-22(34)16-8-6-5-7-9-16/h5-9,13-15,17-18H,10-12H2,1-4H3,(H,26,27,30,34)/t15?,17-,18-/m1/s1. The van der Waals surface area contributed by atoms with E-state index in [0.29, 0.717) is 35.5 Å². The molecule has 1 amide bonds. The van der Waals surface area contributed by atoms with Crippen LogP contribution in [0.1, 0.15) is 50.5 Å². The van der Waals surface area contributed by atoms with E-state index in [9.17, 15) is 9.59 Å². The number of carbonyl (C=O) groups is 2. The number of amides is 1. The molecule has 0 spiro atoms. The number of benzene rings is 1. The average molecular weight is 492 g/mol. The third-order valence-corrected chi connectivity index (χ3v) is 6.06. The number of carbonyl (C=O) groups excluding carboxylic acids is 2. The van der Waals surface area contributed by atoms with Crippen molar-refractivity contribution in [1.82, 2.24) is 24.4 Å². The molecule has 0 saturated carbocycles. The van der Waals surface area contributed by atoms with Gasteiger partial charge in [0, 0.05) is 29.6 Å². The molecule has 0 aliphatic carbocycles. The number of esters is 1. The fourth-order valence-corrected chi connectivity index (χ4v) is 4.40. The SMILES string of the molecule is CC(C(=O)OC(C)(C)C)N1C[C@H](n2cnc3c(NC(=O)c4ccccc4)ncnc32)C[C@@H]1CN=[N+]=[N-]. The van der Waals surface area contributed by atoms with Crippen molar-refractivity contribution in [2.45, 2.75) is 57.8 Å². The number of imidazole rings is 1. The van der Waals surface area contributed by atoms with Gasteiger partial charge in [-0.05, 0) is 51.8 Å². The number of ether oxygens (including phenoxy) is 1. The Morgan fingerprint density at radius 1 is 1.25 bits per heavy atom. The highest BCUT2D eigenvalue weighted by molar-refractivity contribution is 6.06. The van der Waals surface area contributed by atoms with Crippen molar-refractivity contribution in [3.05, 3.63) is 59.0 Å². The third kappa shape index (κ3) is 5.45. The van der Waals surface area contributed by atoms with E-state index in [1.54, 1.807) is 37.5 Å². The number of azide groups is 1. The maximum atomic E-state index is 12.8. The van der Waals surface area contributed by atoms with Gasteiger partial charge in [0.15, 0.2) is 17.0 Å². The molecule has 1 fully saturated rings. The van der Waals surface area contributed by atoms with Gasteiger partial charge in [-0.25, -0.2) is 15.0 Å². The molecule has 1 aliphatic rings. The summed E-state index contributed by atoms with van der Waals surface area (Å²) in [5.74, 6) is -0.314. The summed E-state index contributed by atoms with van der Waals surface area (Å²) in [5.41, 5.74) is 9.80. The molecule has 0 bridgehead atoms. The summed E-state index contributed by atoms with van der Waals surface area (Å²) >= 11 is 0. The van der Waals surface area contributed by atoms with Crippen LogP contribution in [0.5, 0.6) is 0 Å². The van der Waals surface area contributed by atoms with Gasteiger partial charge < -0.3 is 14.6 Å². The van der Waals surface area contributed by atoms with Crippen LogP contribution in [0, 0.1) is 0 Å². The van der Waals surface area contributed by atoms with Gasteiger partial charge >= 0.3 is 5.97 Å². The number of likely N-dealkylation sites (tertiary alicyclic amines) is 1. The second kappa shape index (κ2) is 10.3. The van der Waals surface area contributed by atoms with Crippen molar-refractivity contribution in [2.75, 3.05) is 18.4 Å². The molecule has 3 atom stereocenters. The molecular weight excluding hydrogens is 462 g/mol. The first-order valence-electron chi connectivity index (χ1n) is 11.7. The molecule has 4 rings (SSSR count). The molecule has 1 unspecified atom stereocenters. The summed E-state index contributed by atoms with van der Waals surface area (Å²) in [6, 6.07) is 8.07. The van der Waals surface area contributed by atoms with Crippen LogP contribution in [-0.4, -0.2) is 67.1 Å². The fourth-order valence-electron chi connectivity index (χ4n) is 4.40. The van der Waals surface area contributed by atoms with Crippen LogP contribution < -0.4 is 5.32 Å². The third-order valence-electron chi connectivity index (χ3n) is 6.06. The fraction of sp³-hybridized carbons (Fsp3) is 0.458. The molecule has 0 radical (unpaired) electrons. The molecule has 12 nitrogen and oxygen atoms in total. The molecule has 12 heteroatoms. The number of fused-ring (bicyclic) bond motifs is 1. The number of hydrogen-bond acceptors (Lipinski definition) is 8. The quantitative estimate of drug-likeness (QED) is 0.229. The van der Waals surface area contributed by atoms with Gasteiger partial charge in [0.1, 0.15) is 18.0 Å². The molecule has 1 aliphatic heterocycles. The summed E-state index contributed by atoms with van der Waals surface area (Å²) in [6.07, 6.45) is 3.66. The lowest BCUT2D eigenvalue weighted by Crippen LogP contribution is -2.46. The molecular formula is C24H29N9O3. The zero-order chi connectivity index (χ0) is 25.9. The highest BCUT2D eigenvalue weighted by Crippen LogP contribution is 2.33. The zero-order valence-corrected chi connectivity index (χ0v) is 20.7. The number of hydrogen-bond donors (Lipinski definition) is 1. The lowest BCUT2D eigenvalue weighted by atomic mass is 10.1. The average Bonchev–Trinajstić information content (AvgIpc) is 3.46. The first-order chi connectivity index (χ1) is 17.2. The number of nitrogens with zero attached hydrogens (tertiary/aromatic N) is 8. The van der Waals surface area contributed by atoms with Gasteiger partial charge in [-0.2, -0.15) is 0 Å². The maximum Gasteiger partial charge on any atom is 0.323 e.